The molecule has 4 aliphatic carbocycles. The van der Waals surface area contributed by atoms with E-state index < -0.39 is 167 Å². The summed E-state index contributed by atoms with van der Waals surface area (Å²) in [6, 6.07) is 0. The second-order valence-electron chi connectivity index (χ2n) is 24.0. The second kappa shape index (κ2) is 21.3. The van der Waals surface area contributed by atoms with Gasteiger partial charge >= 0.3 is 0 Å². The molecule has 13 N–H and O–H groups in total. The number of Topliss-reactive ketones (excluding diaryl/α,β-unsaturated/α-hetero) is 1. The molecule has 4 unspecified atom stereocenters. The van der Waals surface area contributed by atoms with Gasteiger partial charge in [-0.1, -0.05) is 27.7 Å². The van der Waals surface area contributed by atoms with Crippen LogP contribution in [0.1, 0.15) is 79.1 Å². The molecule has 424 valence electrons. The molecule has 1 spiro atoms. The lowest BCUT2D eigenvalue weighted by Crippen LogP contribution is -2.68. The maximum Gasteiger partial charge on any atom is 0.187 e. The molecule has 6 heterocycles. The lowest BCUT2D eigenvalue weighted by molar-refractivity contribution is -0.403. The Labute approximate surface area is 428 Å². The summed E-state index contributed by atoms with van der Waals surface area (Å²) in [5, 5.41) is 141. The molecule has 10 rings (SSSR count). The number of rotatable bonds is 11. The summed E-state index contributed by atoms with van der Waals surface area (Å²) < 4.78 is 60.6. The summed E-state index contributed by atoms with van der Waals surface area (Å²) in [6.45, 7) is 6.46. The van der Waals surface area contributed by atoms with E-state index in [9.17, 15) is 71.2 Å². The fourth-order valence-electron chi connectivity index (χ4n) is 15.8. The SMILES string of the molecule is CC1CC[C@@]2(OC1)O[C@H]1CC3C4C[C@@H](O)[C@H]5C[C@@H](O[C@@H]6O[C@H](CO)[C@H](O[C@@H]7O[C@H](CO)[C@@H](O)[C@H](O[C@@H]8OC[C@@H](O)[C@H](O)[C@H]8O)[C@H]7O[C@@H]7O[C@H](CO)[C@@H](O)[C@H](O)[C@H]7O)[C@H](O)[C@H]6O)C(=O)C[C@]5(C)C4CC[C@]3(C)[C@H]1[C@@H]2C. The van der Waals surface area contributed by atoms with E-state index >= 15 is 0 Å². The molecule has 24 heteroatoms. The fraction of sp³-hybridized carbons (Fsp3) is 0.980. The number of fused-ring (bicyclic) bond motifs is 7. The molecular formula is C50H80O24. The Morgan fingerprint density at radius 3 is 1.86 bits per heavy atom. The number of aliphatic hydroxyl groups excluding tert-OH is 13. The van der Waals surface area contributed by atoms with E-state index in [0.717, 1.165) is 32.1 Å². The van der Waals surface area contributed by atoms with Crippen molar-refractivity contribution >= 4 is 5.78 Å². The molecular weight excluding hydrogens is 985 g/mol. The number of hydrogen-bond donors (Lipinski definition) is 13. The minimum absolute atomic E-state index is 0.0175. The number of carbonyl (C=O) groups excluding carboxylic acids is 1. The van der Waals surface area contributed by atoms with E-state index in [1.165, 1.54) is 0 Å². The first-order chi connectivity index (χ1) is 35.1. The van der Waals surface area contributed by atoms with Crippen molar-refractivity contribution in [3.05, 3.63) is 0 Å². The van der Waals surface area contributed by atoms with E-state index in [1.807, 2.05) is 0 Å². The van der Waals surface area contributed by atoms with Gasteiger partial charge in [0.25, 0.3) is 0 Å². The largest absolute Gasteiger partial charge is 0.394 e. The van der Waals surface area contributed by atoms with Crippen molar-refractivity contribution in [3.63, 3.8) is 0 Å². The highest BCUT2D eigenvalue weighted by Gasteiger charge is 2.70. The Balaban J connectivity index is 0.835. The lowest BCUT2D eigenvalue weighted by atomic mass is 9.43. The second-order valence-corrected chi connectivity index (χ2v) is 24.0. The van der Waals surface area contributed by atoms with Gasteiger partial charge in [0.2, 0.25) is 0 Å². The van der Waals surface area contributed by atoms with Gasteiger partial charge in [0, 0.05) is 18.8 Å². The van der Waals surface area contributed by atoms with Crippen molar-refractivity contribution < 1.29 is 119 Å². The summed E-state index contributed by atoms with van der Waals surface area (Å²) in [4.78, 5) is 14.4. The molecule has 4 saturated carbocycles. The number of hydrogen-bond acceptors (Lipinski definition) is 24. The van der Waals surface area contributed by atoms with Crippen molar-refractivity contribution in [2.45, 2.75) is 220 Å². The van der Waals surface area contributed by atoms with Gasteiger partial charge < -0.3 is 114 Å². The Morgan fingerprint density at radius 2 is 1.18 bits per heavy atom. The maximum absolute atomic E-state index is 14.4. The van der Waals surface area contributed by atoms with Gasteiger partial charge in [0.05, 0.1) is 45.2 Å². The summed E-state index contributed by atoms with van der Waals surface area (Å²) in [5.74, 6) is 0.480. The van der Waals surface area contributed by atoms with Crippen LogP contribution >= 0.6 is 0 Å². The third-order valence-corrected chi connectivity index (χ3v) is 19.9. The van der Waals surface area contributed by atoms with E-state index in [-0.39, 0.29) is 53.8 Å². The molecule has 10 aliphatic rings. The highest BCUT2D eigenvalue weighted by atomic mass is 16.8. The minimum Gasteiger partial charge on any atom is -0.394 e. The van der Waals surface area contributed by atoms with Crippen molar-refractivity contribution in [2.75, 3.05) is 33.0 Å². The molecule has 6 aliphatic heterocycles. The standard InChI is InChI=1S/C50H80O24/c1-18-5-8-50(66-16-18)19(2)32-28(74-50)10-22-20-9-24(54)23-11-27(25(55)12-49(23,4)21(20)6-7-48(22,32)3)67-45-40(64)37(61)41(31(15-53)70-45)71-47-43(73-46-39(63)36(60)34(58)29(13-51)68-46)42(35(59)30(14-52)69-47)72-44-38(62)33(57)26(56)17-65-44/h18-24,26-47,51-54,56-64H,5-17H2,1-4H3/t18?,19-,20?,21?,22?,23+,24+,26+,27+,28-,29+,30+,31+,32-,33-,34+,35+,36-,37+,38+,39+,40+,41-,42-,43+,44-,45+,46-,47-,48-,49+,50+/m0/s1. The number of ketones is 1. The highest BCUT2D eigenvalue weighted by molar-refractivity contribution is 5.85. The highest BCUT2D eigenvalue weighted by Crippen LogP contribution is 2.71. The Bertz CT molecular complexity index is 1940. The van der Waals surface area contributed by atoms with Crippen LogP contribution in [0, 0.1) is 52.3 Å². The van der Waals surface area contributed by atoms with Gasteiger partial charge in [-0.05, 0) is 84.9 Å². The van der Waals surface area contributed by atoms with Crippen molar-refractivity contribution in [1.82, 2.24) is 0 Å². The molecule has 0 radical (unpaired) electrons. The quantitative estimate of drug-likeness (QED) is 0.0874. The van der Waals surface area contributed by atoms with E-state index in [1.54, 1.807) is 0 Å². The first kappa shape index (κ1) is 56.0. The monoisotopic (exact) mass is 1060 g/mol. The van der Waals surface area contributed by atoms with Gasteiger partial charge in [0.1, 0.15) is 97.7 Å². The third-order valence-electron chi connectivity index (χ3n) is 19.9. The molecule has 0 aromatic rings. The summed E-state index contributed by atoms with van der Waals surface area (Å²) in [7, 11) is 0. The molecule has 0 aromatic carbocycles. The van der Waals surface area contributed by atoms with Crippen LogP contribution in [-0.2, 0) is 52.2 Å². The van der Waals surface area contributed by atoms with Gasteiger partial charge in [-0.2, -0.15) is 0 Å². The van der Waals surface area contributed by atoms with Crippen LogP contribution < -0.4 is 0 Å². The van der Waals surface area contributed by atoms with Crippen molar-refractivity contribution in [1.29, 1.82) is 0 Å². The fourth-order valence-corrected chi connectivity index (χ4v) is 15.8. The van der Waals surface area contributed by atoms with Crippen molar-refractivity contribution in [3.8, 4) is 0 Å². The predicted octanol–water partition coefficient (Wildman–Crippen LogP) is -4.12. The van der Waals surface area contributed by atoms with E-state index in [0.29, 0.717) is 30.8 Å². The van der Waals surface area contributed by atoms with Crippen LogP contribution in [0.4, 0.5) is 0 Å². The lowest BCUT2D eigenvalue weighted by Gasteiger charge is -2.62. The molecule has 0 aromatic heterocycles. The zero-order valence-corrected chi connectivity index (χ0v) is 42.2. The number of ether oxygens (including phenoxy) is 10. The molecule has 24 nitrogen and oxygen atoms in total. The topological polar surface area (TPSA) is 372 Å². The average molecular weight is 1070 g/mol. The van der Waals surface area contributed by atoms with Gasteiger partial charge in [0.15, 0.2) is 36.7 Å². The van der Waals surface area contributed by atoms with Crippen LogP contribution in [0.25, 0.3) is 0 Å². The van der Waals surface area contributed by atoms with Crippen LogP contribution in [0.3, 0.4) is 0 Å². The predicted molar refractivity (Wildman–Crippen MR) is 244 cm³/mol. The number of carbonyl (C=O) groups is 1. The zero-order valence-electron chi connectivity index (χ0n) is 42.2. The summed E-state index contributed by atoms with van der Waals surface area (Å²) >= 11 is 0. The molecule has 0 bridgehead atoms. The molecule has 32 atom stereocenters. The molecule has 0 amide bonds. The van der Waals surface area contributed by atoms with Crippen LogP contribution in [0.5, 0.6) is 0 Å². The third kappa shape index (κ3) is 9.36. The first-order valence-electron chi connectivity index (χ1n) is 26.8. The molecule has 6 saturated heterocycles. The van der Waals surface area contributed by atoms with Crippen molar-refractivity contribution in [2.24, 2.45) is 52.3 Å². The van der Waals surface area contributed by atoms with Gasteiger partial charge in [-0.3, -0.25) is 4.79 Å². The van der Waals surface area contributed by atoms with Gasteiger partial charge in [-0.25, -0.2) is 0 Å². The number of aliphatic hydroxyl groups is 13. The van der Waals surface area contributed by atoms with Crippen LogP contribution in [0.15, 0.2) is 0 Å². The van der Waals surface area contributed by atoms with Gasteiger partial charge in [-0.15, -0.1) is 0 Å². The zero-order chi connectivity index (χ0) is 53.1. The van der Waals surface area contributed by atoms with Crippen LogP contribution in [-0.4, -0.2) is 246 Å². The molecule has 10 fully saturated rings. The normalized spacial score (nSPS) is 57.6. The minimum atomic E-state index is -2.04. The smallest absolute Gasteiger partial charge is 0.187 e. The van der Waals surface area contributed by atoms with E-state index in [4.69, 9.17) is 47.4 Å². The summed E-state index contributed by atoms with van der Waals surface area (Å²) in [5.41, 5.74) is -0.582. The Morgan fingerprint density at radius 1 is 0.554 bits per heavy atom. The Hall–Kier alpha value is -1.25. The average Bonchev–Trinajstić information content (AvgIpc) is 3.82. The first-order valence-corrected chi connectivity index (χ1v) is 26.8. The summed E-state index contributed by atoms with van der Waals surface area (Å²) in [6.07, 6.45) is -31.0. The van der Waals surface area contributed by atoms with Crippen LogP contribution in [0.2, 0.25) is 0 Å². The Kier molecular flexibility index (Phi) is 16.2. The van der Waals surface area contributed by atoms with E-state index in [2.05, 4.69) is 27.7 Å². The molecule has 74 heavy (non-hydrogen) atoms. The maximum atomic E-state index is 14.4.